The van der Waals surface area contributed by atoms with E-state index in [-0.39, 0.29) is 5.78 Å². The third-order valence-corrected chi connectivity index (χ3v) is 5.56. The number of ether oxygens (including phenoxy) is 2. The fourth-order valence-electron chi connectivity index (χ4n) is 3.89. The zero-order valence-electron chi connectivity index (χ0n) is 18.1. The summed E-state index contributed by atoms with van der Waals surface area (Å²) in [6.07, 6.45) is 3.70. The maximum atomic E-state index is 13.0. The molecule has 158 valence electrons. The number of rotatable bonds is 4. The molecule has 32 heavy (non-hydrogen) atoms. The minimum atomic E-state index is -0.117. The second-order valence-electron chi connectivity index (χ2n) is 7.83. The lowest BCUT2D eigenvalue weighted by atomic mass is 10.0. The molecule has 0 fully saturated rings. The van der Waals surface area contributed by atoms with Gasteiger partial charge < -0.3 is 9.47 Å². The Balaban J connectivity index is 1.64. The molecule has 3 aromatic carbocycles. The molecule has 0 bridgehead atoms. The van der Waals surface area contributed by atoms with Gasteiger partial charge in [0.25, 0.3) is 0 Å². The highest BCUT2D eigenvalue weighted by Gasteiger charge is 2.28. The molecule has 0 saturated heterocycles. The number of hydrogen-bond acceptors (Lipinski definition) is 4. The van der Waals surface area contributed by atoms with Crippen LogP contribution >= 0.6 is 0 Å². The average Bonchev–Trinajstić information content (AvgIpc) is 3.36. The second kappa shape index (κ2) is 7.85. The summed E-state index contributed by atoms with van der Waals surface area (Å²) in [6.45, 7) is 3.98. The minimum Gasteiger partial charge on any atom is -0.497 e. The highest BCUT2D eigenvalue weighted by Crippen LogP contribution is 2.35. The Kier molecular flexibility index (Phi) is 4.86. The number of nitrogens with zero attached hydrogens (tertiary/aromatic N) is 2. The van der Waals surface area contributed by atoms with Crippen molar-refractivity contribution < 1.29 is 14.3 Å². The smallest absolute Gasteiger partial charge is 0.231 e. The third kappa shape index (κ3) is 3.48. The molecule has 1 aromatic heterocycles. The van der Waals surface area contributed by atoms with Gasteiger partial charge in [-0.15, -0.1) is 0 Å². The lowest BCUT2D eigenvalue weighted by molar-refractivity contribution is 0.101. The third-order valence-electron chi connectivity index (χ3n) is 5.56. The molecule has 0 unspecified atom stereocenters. The van der Waals surface area contributed by atoms with Gasteiger partial charge in [0.05, 0.1) is 18.4 Å². The Morgan fingerprint density at radius 1 is 0.969 bits per heavy atom. The van der Waals surface area contributed by atoms with Crippen molar-refractivity contribution in [1.29, 1.82) is 0 Å². The van der Waals surface area contributed by atoms with Crippen LogP contribution in [0.25, 0.3) is 23.0 Å². The number of ketones is 1. The predicted molar refractivity (Wildman–Crippen MR) is 124 cm³/mol. The van der Waals surface area contributed by atoms with Crippen LogP contribution in [0.4, 0.5) is 0 Å². The summed E-state index contributed by atoms with van der Waals surface area (Å²) < 4.78 is 13.1. The van der Waals surface area contributed by atoms with E-state index in [0.717, 1.165) is 39.4 Å². The number of fused-ring (bicyclic) bond motifs is 1. The van der Waals surface area contributed by atoms with Gasteiger partial charge in [0.1, 0.15) is 17.2 Å². The summed E-state index contributed by atoms with van der Waals surface area (Å²) in [5.41, 5.74) is 6.11. The predicted octanol–water partition coefficient (Wildman–Crippen LogP) is 5.78. The number of allylic oxidation sites excluding steroid dienone is 1. The van der Waals surface area contributed by atoms with E-state index in [4.69, 9.17) is 14.6 Å². The topological polar surface area (TPSA) is 53.4 Å². The van der Waals surface area contributed by atoms with E-state index in [1.807, 2.05) is 91.5 Å². The summed E-state index contributed by atoms with van der Waals surface area (Å²) in [5.74, 6) is 1.55. The first kappa shape index (κ1) is 19.8. The monoisotopic (exact) mass is 422 g/mol. The Morgan fingerprint density at radius 2 is 1.78 bits per heavy atom. The normalized spacial score (nSPS) is 13.8. The standard InChI is InChI=1S/C27H22N2O3/c1-17-9-12-24-23(13-17)27(30)25(32-24)15-19-16-29(20-7-5-4-6-8-20)28-26(19)22-11-10-21(31-3)14-18(22)2/h4-16H,1-3H3/b25-15-. The highest BCUT2D eigenvalue weighted by atomic mass is 16.5. The largest absolute Gasteiger partial charge is 0.497 e. The Morgan fingerprint density at radius 3 is 2.53 bits per heavy atom. The van der Waals surface area contributed by atoms with Gasteiger partial charge in [-0.05, 0) is 68.0 Å². The zero-order chi connectivity index (χ0) is 22.2. The van der Waals surface area contributed by atoms with Crippen molar-refractivity contribution in [3.8, 4) is 28.4 Å². The quantitative estimate of drug-likeness (QED) is 0.391. The number of aromatic nitrogens is 2. The summed E-state index contributed by atoms with van der Waals surface area (Å²) in [5, 5.41) is 4.86. The molecule has 0 spiro atoms. The summed E-state index contributed by atoms with van der Waals surface area (Å²) in [7, 11) is 1.65. The van der Waals surface area contributed by atoms with Gasteiger partial charge in [-0.25, -0.2) is 4.68 Å². The SMILES string of the molecule is COc1ccc(-c2nn(-c3ccccc3)cc2/C=C2\Oc3ccc(C)cc3C2=O)c(C)c1. The van der Waals surface area contributed by atoms with E-state index in [2.05, 4.69) is 0 Å². The molecule has 0 radical (unpaired) electrons. The fraction of sp³-hybridized carbons (Fsp3) is 0.111. The molecular weight excluding hydrogens is 400 g/mol. The molecule has 5 nitrogen and oxygen atoms in total. The fourth-order valence-corrected chi connectivity index (χ4v) is 3.89. The van der Waals surface area contributed by atoms with Crippen molar-refractivity contribution in [3.05, 3.63) is 101 Å². The maximum absolute atomic E-state index is 13.0. The van der Waals surface area contributed by atoms with Crippen LogP contribution in [0, 0.1) is 13.8 Å². The van der Waals surface area contributed by atoms with Crippen LogP contribution in [0.1, 0.15) is 27.0 Å². The van der Waals surface area contributed by atoms with Gasteiger partial charge in [0.15, 0.2) is 5.76 Å². The second-order valence-corrected chi connectivity index (χ2v) is 7.83. The molecule has 0 amide bonds. The molecular formula is C27H22N2O3. The Hall–Kier alpha value is -4.12. The minimum absolute atomic E-state index is 0.117. The van der Waals surface area contributed by atoms with Crippen LogP contribution in [0.2, 0.25) is 0 Å². The molecule has 0 aliphatic carbocycles. The van der Waals surface area contributed by atoms with Gasteiger partial charge in [-0.1, -0.05) is 29.8 Å². The molecule has 0 saturated carbocycles. The van der Waals surface area contributed by atoms with E-state index in [0.29, 0.717) is 17.1 Å². The number of aryl methyl sites for hydroxylation is 2. The van der Waals surface area contributed by atoms with Crippen molar-refractivity contribution in [2.75, 3.05) is 7.11 Å². The van der Waals surface area contributed by atoms with E-state index >= 15 is 0 Å². The van der Waals surface area contributed by atoms with Crippen LogP contribution < -0.4 is 9.47 Å². The van der Waals surface area contributed by atoms with E-state index < -0.39 is 0 Å². The van der Waals surface area contributed by atoms with Crippen molar-refractivity contribution in [1.82, 2.24) is 9.78 Å². The molecule has 2 heterocycles. The van der Waals surface area contributed by atoms with Crippen molar-refractivity contribution in [2.24, 2.45) is 0 Å². The van der Waals surface area contributed by atoms with Gasteiger partial charge in [0.2, 0.25) is 5.78 Å². The number of benzene rings is 3. The molecule has 1 aliphatic heterocycles. The van der Waals surface area contributed by atoms with Crippen LogP contribution in [-0.2, 0) is 0 Å². The first-order valence-corrected chi connectivity index (χ1v) is 10.4. The van der Waals surface area contributed by atoms with Crippen molar-refractivity contribution in [2.45, 2.75) is 13.8 Å². The highest BCUT2D eigenvalue weighted by molar-refractivity contribution is 6.14. The van der Waals surface area contributed by atoms with Gasteiger partial charge >= 0.3 is 0 Å². The van der Waals surface area contributed by atoms with Crippen molar-refractivity contribution >= 4 is 11.9 Å². The molecule has 5 rings (SSSR count). The van der Waals surface area contributed by atoms with Crippen LogP contribution in [-0.4, -0.2) is 22.7 Å². The lowest BCUT2D eigenvalue weighted by Crippen LogP contribution is -1.98. The van der Waals surface area contributed by atoms with Crippen LogP contribution in [0.15, 0.2) is 78.7 Å². The lowest BCUT2D eigenvalue weighted by Gasteiger charge is -2.07. The summed E-state index contributed by atoms with van der Waals surface area (Å²) in [6, 6.07) is 21.4. The number of carbonyl (C=O) groups is 1. The van der Waals surface area contributed by atoms with Gasteiger partial charge in [-0.3, -0.25) is 4.79 Å². The van der Waals surface area contributed by atoms with Crippen molar-refractivity contribution in [3.63, 3.8) is 0 Å². The average molecular weight is 422 g/mol. The Bertz CT molecular complexity index is 1370. The number of Topliss-reactive ketones (excluding diaryl/α,β-unsaturated/α-hetero) is 1. The molecule has 1 aliphatic rings. The Labute approximate surface area is 186 Å². The van der Waals surface area contributed by atoms with E-state index in [9.17, 15) is 4.79 Å². The summed E-state index contributed by atoms with van der Waals surface area (Å²) in [4.78, 5) is 13.0. The zero-order valence-corrected chi connectivity index (χ0v) is 18.1. The summed E-state index contributed by atoms with van der Waals surface area (Å²) >= 11 is 0. The van der Waals surface area contributed by atoms with Gasteiger partial charge in [0, 0.05) is 17.3 Å². The number of carbonyl (C=O) groups excluding carboxylic acids is 1. The molecule has 0 N–H and O–H groups in total. The van der Waals surface area contributed by atoms with Gasteiger partial charge in [-0.2, -0.15) is 5.10 Å². The first-order valence-electron chi connectivity index (χ1n) is 10.4. The van der Waals surface area contributed by atoms with Crippen LogP contribution in [0.3, 0.4) is 0 Å². The van der Waals surface area contributed by atoms with E-state index in [1.165, 1.54) is 0 Å². The molecule has 4 aromatic rings. The maximum Gasteiger partial charge on any atom is 0.231 e. The number of methoxy groups -OCH3 is 1. The molecule has 0 atom stereocenters. The number of hydrogen-bond donors (Lipinski definition) is 0. The van der Waals surface area contributed by atoms with Crippen LogP contribution in [0.5, 0.6) is 11.5 Å². The van der Waals surface area contributed by atoms with E-state index in [1.54, 1.807) is 13.2 Å². The number of para-hydroxylation sites is 1. The molecule has 5 heteroatoms. The first-order chi connectivity index (χ1) is 15.5.